The van der Waals surface area contributed by atoms with E-state index in [1.807, 2.05) is 32.0 Å². The predicted molar refractivity (Wildman–Crippen MR) is 63.8 cm³/mol. The molecule has 90 valence electrons. The van der Waals surface area contributed by atoms with Crippen molar-refractivity contribution < 1.29 is 14.7 Å². The lowest BCUT2D eigenvalue weighted by Crippen LogP contribution is -2.17. The molecular weight excluding hydrogens is 218 g/mol. The van der Waals surface area contributed by atoms with E-state index >= 15 is 0 Å². The van der Waals surface area contributed by atoms with Gasteiger partial charge in [0, 0.05) is 5.69 Å². The number of anilines is 1. The zero-order chi connectivity index (χ0) is 12.6. The lowest BCUT2D eigenvalue weighted by atomic mass is 10.1. The molecule has 0 spiro atoms. The van der Waals surface area contributed by atoms with E-state index in [0.717, 1.165) is 16.8 Å². The van der Waals surface area contributed by atoms with Crippen LogP contribution in [0, 0.1) is 25.7 Å². The van der Waals surface area contributed by atoms with E-state index in [1.165, 1.54) is 0 Å². The van der Waals surface area contributed by atoms with Gasteiger partial charge < -0.3 is 10.4 Å². The molecule has 2 unspecified atom stereocenters. The van der Waals surface area contributed by atoms with Crippen LogP contribution in [0.3, 0.4) is 0 Å². The summed E-state index contributed by atoms with van der Waals surface area (Å²) in [6.07, 6.45) is 0.450. The third-order valence-corrected chi connectivity index (χ3v) is 3.10. The molecule has 1 aromatic carbocycles. The Morgan fingerprint density at radius 3 is 2.59 bits per heavy atom. The molecule has 1 aliphatic rings. The molecule has 4 heteroatoms. The Morgan fingerprint density at radius 1 is 1.29 bits per heavy atom. The number of hydrogen-bond donors (Lipinski definition) is 2. The van der Waals surface area contributed by atoms with Crippen LogP contribution in [0.2, 0.25) is 0 Å². The predicted octanol–water partition coefficient (Wildman–Crippen LogP) is 1.96. The van der Waals surface area contributed by atoms with Crippen molar-refractivity contribution >= 4 is 17.6 Å². The van der Waals surface area contributed by atoms with Crippen LogP contribution in [-0.2, 0) is 9.59 Å². The molecule has 0 saturated heterocycles. The molecule has 1 amide bonds. The van der Waals surface area contributed by atoms with Crippen LogP contribution in [-0.4, -0.2) is 17.0 Å². The van der Waals surface area contributed by atoms with E-state index in [0.29, 0.717) is 6.42 Å². The van der Waals surface area contributed by atoms with E-state index in [2.05, 4.69) is 5.32 Å². The Kier molecular flexibility index (Phi) is 2.88. The molecule has 0 bridgehead atoms. The number of carbonyl (C=O) groups is 2. The summed E-state index contributed by atoms with van der Waals surface area (Å²) >= 11 is 0. The smallest absolute Gasteiger partial charge is 0.307 e. The van der Waals surface area contributed by atoms with E-state index in [4.69, 9.17) is 5.11 Å². The molecule has 0 radical (unpaired) electrons. The number of amides is 1. The highest BCUT2D eigenvalue weighted by Gasteiger charge is 2.48. The summed E-state index contributed by atoms with van der Waals surface area (Å²) in [7, 11) is 0. The van der Waals surface area contributed by atoms with Gasteiger partial charge in [0.05, 0.1) is 11.8 Å². The van der Waals surface area contributed by atoms with E-state index in [1.54, 1.807) is 0 Å². The highest BCUT2D eigenvalue weighted by molar-refractivity contribution is 5.98. The number of carboxylic acids is 1. The molecule has 2 N–H and O–H groups in total. The second-order valence-corrected chi connectivity index (χ2v) is 4.59. The highest BCUT2D eigenvalue weighted by atomic mass is 16.4. The summed E-state index contributed by atoms with van der Waals surface area (Å²) in [4.78, 5) is 22.4. The Hall–Kier alpha value is -1.84. The normalized spacial score (nSPS) is 22.0. The lowest BCUT2D eigenvalue weighted by molar-refractivity contribution is -0.139. The molecule has 0 heterocycles. The van der Waals surface area contributed by atoms with Gasteiger partial charge in [-0.25, -0.2) is 0 Å². The molecule has 2 atom stereocenters. The monoisotopic (exact) mass is 233 g/mol. The zero-order valence-electron chi connectivity index (χ0n) is 9.86. The van der Waals surface area contributed by atoms with Crippen LogP contribution in [0.5, 0.6) is 0 Å². The summed E-state index contributed by atoms with van der Waals surface area (Å²) in [5, 5.41) is 11.6. The summed E-state index contributed by atoms with van der Waals surface area (Å²) in [5.74, 6) is -1.94. The number of benzene rings is 1. The second kappa shape index (κ2) is 4.20. The highest BCUT2D eigenvalue weighted by Crippen LogP contribution is 2.39. The van der Waals surface area contributed by atoms with E-state index < -0.39 is 11.9 Å². The molecular formula is C13H15NO3. The van der Waals surface area contributed by atoms with Gasteiger partial charge in [-0.2, -0.15) is 0 Å². The maximum absolute atomic E-state index is 11.8. The van der Waals surface area contributed by atoms with Gasteiger partial charge in [0.25, 0.3) is 0 Å². The number of nitrogens with one attached hydrogen (secondary N) is 1. The van der Waals surface area contributed by atoms with Crippen molar-refractivity contribution in [1.29, 1.82) is 0 Å². The van der Waals surface area contributed by atoms with Crippen LogP contribution in [0.4, 0.5) is 5.69 Å². The average Bonchev–Trinajstić information content (AvgIpc) is 3.03. The molecule has 1 aliphatic carbocycles. The minimum atomic E-state index is -0.883. The standard InChI is InChI=1S/C13H15NO3/c1-7-3-4-8(2)11(5-7)14-12(15)9-6-10(9)13(16)17/h3-5,9-10H,6H2,1-2H3,(H,14,15)(H,16,17). The Morgan fingerprint density at radius 2 is 2.00 bits per heavy atom. The fourth-order valence-corrected chi connectivity index (χ4v) is 1.85. The van der Waals surface area contributed by atoms with Crippen LogP contribution in [0.15, 0.2) is 18.2 Å². The van der Waals surface area contributed by atoms with Crippen LogP contribution in [0.25, 0.3) is 0 Å². The number of rotatable bonds is 3. The molecule has 2 rings (SSSR count). The number of aryl methyl sites for hydroxylation is 2. The molecule has 0 aliphatic heterocycles. The molecule has 4 nitrogen and oxygen atoms in total. The van der Waals surface area contributed by atoms with Crippen molar-refractivity contribution in [3.05, 3.63) is 29.3 Å². The number of hydrogen-bond acceptors (Lipinski definition) is 2. The van der Waals surface area contributed by atoms with Crippen molar-refractivity contribution in [1.82, 2.24) is 0 Å². The first kappa shape index (κ1) is 11.6. The molecule has 1 saturated carbocycles. The Bertz CT molecular complexity index is 482. The fraction of sp³-hybridized carbons (Fsp3) is 0.385. The Labute approximate surface area is 99.6 Å². The second-order valence-electron chi connectivity index (χ2n) is 4.59. The van der Waals surface area contributed by atoms with E-state index in [9.17, 15) is 9.59 Å². The average molecular weight is 233 g/mol. The van der Waals surface area contributed by atoms with Crippen molar-refractivity contribution in [2.45, 2.75) is 20.3 Å². The zero-order valence-corrected chi connectivity index (χ0v) is 9.86. The van der Waals surface area contributed by atoms with Crippen LogP contribution >= 0.6 is 0 Å². The number of carbonyl (C=O) groups excluding carboxylic acids is 1. The van der Waals surface area contributed by atoms with Gasteiger partial charge >= 0.3 is 5.97 Å². The molecule has 17 heavy (non-hydrogen) atoms. The summed E-state index contributed by atoms with van der Waals surface area (Å²) in [6, 6.07) is 5.81. The van der Waals surface area contributed by atoms with Crippen molar-refractivity contribution in [3.8, 4) is 0 Å². The van der Waals surface area contributed by atoms with Gasteiger partial charge in [0.15, 0.2) is 0 Å². The van der Waals surface area contributed by atoms with Crippen molar-refractivity contribution in [2.24, 2.45) is 11.8 Å². The maximum atomic E-state index is 11.8. The SMILES string of the molecule is Cc1ccc(C)c(NC(=O)C2CC2C(=O)O)c1. The van der Waals surface area contributed by atoms with Gasteiger partial charge in [-0.3, -0.25) is 9.59 Å². The third kappa shape index (κ3) is 2.46. The van der Waals surface area contributed by atoms with Crippen molar-refractivity contribution in [3.63, 3.8) is 0 Å². The summed E-state index contributed by atoms with van der Waals surface area (Å²) < 4.78 is 0. The lowest BCUT2D eigenvalue weighted by Gasteiger charge is -2.08. The minimum absolute atomic E-state index is 0.189. The van der Waals surface area contributed by atoms with E-state index in [-0.39, 0.29) is 11.8 Å². The van der Waals surface area contributed by atoms with Gasteiger partial charge in [0.1, 0.15) is 0 Å². The molecule has 1 aromatic rings. The van der Waals surface area contributed by atoms with Crippen molar-refractivity contribution in [2.75, 3.05) is 5.32 Å². The molecule has 0 aromatic heterocycles. The summed E-state index contributed by atoms with van der Waals surface area (Å²) in [6.45, 7) is 3.86. The fourth-order valence-electron chi connectivity index (χ4n) is 1.85. The van der Waals surface area contributed by atoms with Crippen LogP contribution < -0.4 is 5.32 Å². The topological polar surface area (TPSA) is 66.4 Å². The van der Waals surface area contributed by atoms with Gasteiger partial charge in [-0.1, -0.05) is 12.1 Å². The van der Waals surface area contributed by atoms with Gasteiger partial charge in [0.2, 0.25) is 5.91 Å². The first-order chi connectivity index (χ1) is 7.99. The first-order valence-electron chi connectivity index (χ1n) is 5.60. The quantitative estimate of drug-likeness (QED) is 0.838. The number of aliphatic carboxylic acids is 1. The van der Waals surface area contributed by atoms with Crippen LogP contribution in [0.1, 0.15) is 17.5 Å². The van der Waals surface area contributed by atoms with Gasteiger partial charge in [-0.15, -0.1) is 0 Å². The summed E-state index contributed by atoms with van der Waals surface area (Å²) in [5.41, 5.74) is 2.82. The largest absolute Gasteiger partial charge is 0.481 e. The van der Waals surface area contributed by atoms with Gasteiger partial charge in [-0.05, 0) is 37.5 Å². The third-order valence-electron chi connectivity index (χ3n) is 3.10. The Balaban J connectivity index is 2.04. The maximum Gasteiger partial charge on any atom is 0.307 e. The molecule has 1 fully saturated rings. The first-order valence-corrected chi connectivity index (χ1v) is 5.60. The minimum Gasteiger partial charge on any atom is -0.481 e. The number of carboxylic acid groups (broad SMARTS) is 1.